The van der Waals surface area contributed by atoms with Crippen molar-refractivity contribution in [2.45, 2.75) is 59.3 Å². The van der Waals surface area contributed by atoms with E-state index in [1.165, 1.54) is 38.5 Å². The predicted octanol–water partition coefficient (Wildman–Crippen LogP) is 5.20. The molecule has 1 aromatic rings. The Morgan fingerprint density at radius 2 is 1.75 bits per heavy atom. The number of nitrogens with zero attached hydrogens (tertiary/aromatic N) is 2. The summed E-state index contributed by atoms with van der Waals surface area (Å²) in [6.07, 6.45) is 7.76. The topological polar surface area (TPSA) is 43.8 Å². The highest BCUT2D eigenvalue weighted by Crippen LogP contribution is 2.40. The number of anilines is 1. The molecule has 154 valence electrons. The van der Waals surface area contributed by atoms with Gasteiger partial charge in [-0.1, -0.05) is 38.3 Å². The zero-order valence-corrected chi connectivity index (χ0v) is 17.8. The van der Waals surface area contributed by atoms with E-state index in [2.05, 4.69) is 30.6 Å². The van der Waals surface area contributed by atoms with Gasteiger partial charge in [0.25, 0.3) is 0 Å². The van der Waals surface area contributed by atoms with Crippen LogP contribution in [0.5, 0.6) is 0 Å². The molecule has 2 aliphatic rings. The van der Waals surface area contributed by atoms with Crippen LogP contribution < -0.4 is 4.90 Å². The molecule has 1 aliphatic heterocycles. The van der Waals surface area contributed by atoms with Gasteiger partial charge in [-0.05, 0) is 61.8 Å². The van der Waals surface area contributed by atoms with Crippen molar-refractivity contribution in [3.63, 3.8) is 0 Å². The maximum Gasteiger partial charge on any atom is 0.335 e. The van der Waals surface area contributed by atoms with Crippen molar-refractivity contribution in [2.24, 2.45) is 5.41 Å². The van der Waals surface area contributed by atoms with Gasteiger partial charge in [-0.15, -0.1) is 0 Å². The van der Waals surface area contributed by atoms with Crippen molar-refractivity contribution < 1.29 is 9.90 Å². The number of aromatic carboxylic acids is 1. The fourth-order valence-electron chi connectivity index (χ4n) is 4.57. The molecule has 1 heterocycles. The molecule has 0 radical (unpaired) electrons. The number of carboxylic acid groups (broad SMARTS) is 1. The molecule has 0 atom stereocenters. The average molecular weight is 385 g/mol. The zero-order valence-electron chi connectivity index (χ0n) is 17.8. The van der Waals surface area contributed by atoms with E-state index in [9.17, 15) is 4.79 Å². The molecule has 0 spiro atoms. The van der Waals surface area contributed by atoms with Gasteiger partial charge >= 0.3 is 5.97 Å². The first-order chi connectivity index (χ1) is 13.4. The minimum atomic E-state index is -0.862. The second-order valence-electron chi connectivity index (χ2n) is 9.27. The van der Waals surface area contributed by atoms with Crippen LogP contribution in [0, 0.1) is 5.41 Å². The first-order valence-corrected chi connectivity index (χ1v) is 10.9. The van der Waals surface area contributed by atoms with Crippen LogP contribution in [0.1, 0.15) is 69.7 Å². The van der Waals surface area contributed by atoms with Crippen molar-refractivity contribution in [2.75, 3.05) is 37.6 Å². The lowest BCUT2D eigenvalue weighted by Crippen LogP contribution is -2.47. The van der Waals surface area contributed by atoms with E-state index >= 15 is 0 Å². The normalized spacial score (nSPS) is 20.5. The number of piperazine rings is 1. The van der Waals surface area contributed by atoms with Crippen LogP contribution in [-0.4, -0.2) is 48.7 Å². The van der Waals surface area contributed by atoms with Crippen LogP contribution in [-0.2, 0) is 0 Å². The molecule has 28 heavy (non-hydrogen) atoms. The smallest absolute Gasteiger partial charge is 0.335 e. The second kappa shape index (κ2) is 9.13. The van der Waals surface area contributed by atoms with Gasteiger partial charge in [0.05, 0.1) is 5.56 Å². The lowest BCUT2D eigenvalue weighted by atomic mass is 9.73. The Bertz CT molecular complexity index is 698. The summed E-state index contributed by atoms with van der Waals surface area (Å²) < 4.78 is 0. The van der Waals surface area contributed by atoms with Gasteiger partial charge < -0.3 is 10.0 Å². The lowest BCUT2D eigenvalue weighted by molar-refractivity contribution is 0.0697. The van der Waals surface area contributed by atoms with Gasteiger partial charge in [0, 0.05) is 38.4 Å². The van der Waals surface area contributed by atoms with Crippen molar-refractivity contribution >= 4 is 11.7 Å². The molecule has 4 heteroatoms. The quantitative estimate of drug-likeness (QED) is 0.656. The Kier molecular flexibility index (Phi) is 6.82. The molecular formula is C24H36N2O2. The Hall–Kier alpha value is -1.81. The number of unbranched alkanes of at least 4 members (excludes halogenated alkanes) is 1. The highest BCUT2D eigenvalue weighted by atomic mass is 16.4. The predicted molar refractivity (Wildman–Crippen MR) is 116 cm³/mol. The Morgan fingerprint density at radius 1 is 1.07 bits per heavy atom. The molecule has 1 fully saturated rings. The van der Waals surface area contributed by atoms with E-state index in [1.54, 1.807) is 23.3 Å². The number of allylic oxidation sites excluding steroid dienone is 1. The second-order valence-corrected chi connectivity index (χ2v) is 9.27. The molecule has 0 amide bonds. The first kappa shape index (κ1) is 20.9. The number of hydrogen-bond donors (Lipinski definition) is 1. The first-order valence-electron chi connectivity index (χ1n) is 10.9. The summed E-state index contributed by atoms with van der Waals surface area (Å²) >= 11 is 0. The van der Waals surface area contributed by atoms with E-state index in [4.69, 9.17) is 5.11 Å². The van der Waals surface area contributed by atoms with Crippen LogP contribution in [0.15, 0.2) is 35.4 Å². The minimum Gasteiger partial charge on any atom is -0.478 e. The Balaban J connectivity index is 1.59. The van der Waals surface area contributed by atoms with Crippen molar-refractivity contribution in [1.29, 1.82) is 0 Å². The van der Waals surface area contributed by atoms with E-state index < -0.39 is 5.97 Å². The lowest BCUT2D eigenvalue weighted by Gasteiger charge is -2.39. The van der Waals surface area contributed by atoms with Crippen molar-refractivity contribution in [3.05, 3.63) is 41.0 Å². The van der Waals surface area contributed by atoms with Gasteiger partial charge in [0.2, 0.25) is 0 Å². The standard InChI is InChI=1S/C24H36N2O2/c1-4-5-6-19-11-12-24(2,3)17-21(19)18-25-13-15-26(16-14-25)22-9-7-20(8-10-22)23(27)28/h7-10H,4-6,11-18H2,1-3H3,(H,27,28). The third-order valence-corrected chi connectivity index (χ3v) is 6.39. The molecular weight excluding hydrogens is 348 g/mol. The largest absolute Gasteiger partial charge is 0.478 e. The molecule has 4 nitrogen and oxygen atoms in total. The highest BCUT2D eigenvalue weighted by Gasteiger charge is 2.28. The molecule has 0 aromatic heterocycles. The number of hydrogen-bond acceptors (Lipinski definition) is 3. The Labute approximate surface area is 170 Å². The molecule has 1 aliphatic carbocycles. The fraction of sp³-hybridized carbons (Fsp3) is 0.625. The van der Waals surface area contributed by atoms with Gasteiger partial charge in [-0.2, -0.15) is 0 Å². The zero-order chi connectivity index (χ0) is 20.1. The summed E-state index contributed by atoms with van der Waals surface area (Å²) in [6.45, 7) is 12.4. The van der Waals surface area contributed by atoms with Crippen LogP contribution in [0.4, 0.5) is 5.69 Å². The van der Waals surface area contributed by atoms with Crippen molar-refractivity contribution in [1.82, 2.24) is 4.90 Å². The number of benzene rings is 1. The molecule has 0 saturated carbocycles. The van der Waals surface area contributed by atoms with Gasteiger partial charge in [-0.3, -0.25) is 4.90 Å². The van der Waals surface area contributed by atoms with E-state index in [1.807, 2.05) is 12.1 Å². The van der Waals surface area contributed by atoms with Crippen LogP contribution >= 0.6 is 0 Å². The third kappa shape index (κ3) is 5.38. The SMILES string of the molecule is CCCCC1=C(CN2CCN(c3ccc(C(=O)O)cc3)CC2)CC(C)(C)CC1. The van der Waals surface area contributed by atoms with E-state index in [-0.39, 0.29) is 0 Å². The molecule has 3 rings (SSSR count). The maximum absolute atomic E-state index is 11.0. The number of carbonyl (C=O) groups is 1. The van der Waals surface area contributed by atoms with Crippen molar-refractivity contribution in [3.8, 4) is 0 Å². The summed E-state index contributed by atoms with van der Waals surface area (Å²) in [7, 11) is 0. The van der Waals surface area contributed by atoms with Gasteiger partial charge in [0.15, 0.2) is 0 Å². The average Bonchev–Trinajstić information content (AvgIpc) is 2.67. The maximum atomic E-state index is 11.0. The van der Waals surface area contributed by atoms with E-state index in [0.29, 0.717) is 11.0 Å². The molecule has 0 unspecified atom stereocenters. The number of carboxylic acids is 1. The molecule has 1 aromatic carbocycles. The summed E-state index contributed by atoms with van der Waals surface area (Å²) in [4.78, 5) is 16.0. The minimum absolute atomic E-state index is 0.355. The molecule has 1 N–H and O–H groups in total. The Morgan fingerprint density at radius 3 is 2.36 bits per heavy atom. The molecule has 1 saturated heterocycles. The summed E-state index contributed by atoms with van der Waals surface area (Å²) in [5, 5.41) is 9.06. The van der Waals surface area contributed by atoms with Crippen LogP contribution in [0.3, 0.4) is 0 Å². The van der Waals surface area contributed by atoms with Gasteiger partial charge in [-0.25, -0.2) is 4.79 Å². The highest BCUT2D eigenvalue weighted by molar-refractivity contribution is 5.88. The third-order valence-electron chi connectivity index (χ3n) is 6.39. The van der Waals surface area contributed by atoms with Gasteiger partial charge in [0.1, 0.15) is 0 Å². The fourth-order valence-corrected chi connectivity index (χ4v) is 4.57. The van der Waals surface area contributed by atoms with E-state index in [0.717, 1.165) is 38.4 Å². The summed E-state index contributed by atoms with van der Waals surface area (Å²) in [6, 6.07) is 7.29. The van der Waals surface area contributed by atoms with Crippen LogP contribution in [0.2, 0.25) is 0 Å². The van der Waals surface area contributed by atoms with Crippen LogP contribution in [0.25, 0.3) is 0 Å². The monoisotopic (exact) mass is 384 g/mol. The summed E-state index contributed by atoms with van der Waals surface area (Å²) in [5.41, 5.74) is 5.38. The number of rotatable bonds is 7. The summed E-state index contributed by atoms with van der Waals surface area (Å²) in [5.74, 6) is -0.862. The molecule has 0 bridgehead atoms.